The van der Waals surface area contributed by atoms with Crippen molar-refractivity contribution in [2.45, 2.75) is 4.90 Å². The standard InChI is InChI=1S/C15H10Cl2N2OS/c16-9-2-1-3-11(6-9)18-8-14-15(20)19-12-5-4-10(17)7-13(12)21-14/h1-8,18H,(H,19,20). The van der Waals surface area contributed by atoms with E-state index in [1.807, 2.05) is 18.2 Å². The zero-order valence-corrected chi connectivity index (χ0v) is 13.0. The van der Waals surface area contributed by atoms with Gasteiger partial charge in [0.15, 0.2) is 0 Å². The minimum atomic E-state index is -0.149. The van der Waals surface area contributed by atoms with E-state index in [1.54, 1.807) is 30.5 Å². The summed E-state index contributed by atoms with van der Waals surface area (Å²) in [4.78, 5) is 13.5. The molecule has 6 heteroatoms. The summed E-state index contributed by atoms with van der Waals surface area (Å²) in [6.45, 7) is 0. The van der Waals surface area contributed by atoms with E-state index in [0.29, 0.717) is 15.0 Å². The lowest BCUT2D eigenvalue weighted by atomic mass is 10.3. The summed E-state index contributed by atoms with van der Waals surface area (Å²) < 4.78 is 0. The molecule has 0 radical (unpaired) electrons. The average molecular weight is 337 g/mol. The predicted molar refractivity (Wildman–Crippen MR) is 89.1 cm³/mol. The summed E-state index contributed by atoms with van der Waals surface area (Å²) in [5.41, 5.74) is 1.59. The van der Waals surface area contributed by atoms with E-state index >= 15 is 0 Å². The zero-order chi connectivity index (χ0) is 14.8. The van der Waals surface area contributed by atoms with E-state index in [9.17, 15) is 4.79 Å². The Morgan fingerprint density at radius 3 is 2.71 bits per heavy atom. The number of thioether (sulfide) groups is 1. The highest BCUT2D eigenvalue weighted by molar-refractivity contribution is 8.04. The fourth-order valence-electron chi connectivity index (χ4n) is 1.85. The van der Waals surface area contributed by atoms with Gasteiger partial charge in [-0.05, 0) is 36.4 Å². The van der Waals surface area contributed by atoms with Crippen molar-refractivity contribution in [2.75, 3.05) is 10.6 Å². The Bertz CT molecular complexity index is 746. The number of anilines is 2. The number of halogens is 2. The van der Waals surface area contributed by atoms with Crippen molar-refractivity contribution in [1.29, 1.82) is 0 Å². The molecule has 2 aromatic carbocycles. The number of hydrogen-bond acceptors (Lipinski definition) is 3. The Hall–Kier alpha value is -1.62. The SMILES string of the molecule is O=C1Nc2ccc(Cl)cc2SC1=CNc1cccc(Cl)c1. The molecule has 3 nitrogen and oxygen atoms in total. The van der Waals surface area contributed by atoms with Crippen molar-refractivity contribution in [3.05, 3.63) is 63.6 Å². The summed E-state index contributed by atoms with van der Waals surface area (Å²) in [6, 6.07) is 12.7. The number of hydrogen-bond donors (Lipinski definition) is 2. The van der Waals surface area contributed by atoms with Gasteiger partial charge in [-0.25, -0.2) is 0 Å². The number of benzene rings is 2. The first-order valence-electron chi connectivity index (χ1n) is 6.13. The lowest BCUT2D eigenvalue weighted by molar-refractivity contribution is -0.112. The highest BCUT2D eigenvalue weighted by atomic mass is 35.5. The van der Waals surface area contributed by atoms with Gasteiger partial charge in [0, 0.05) is 26.8 Å². The van der Waals surface area contributed by atoms with Crippen LogP contribution >= 0.6 is 35.0 Å². The van der Waals surface area contributed by atoms with Crippen LogP contribution < -0.4 is 10.6 Å². The molecule has 1 aliphatic heterocycles. The fraction of sp³-hybridized carbons (Fsp3) is 0. The largest absolute Gasteiger partial charge is 0.360 e. The van der Waals surface area contributed by atoms with Gasteiger partial charge in [0.05, 0.1) is 10.6 Å². The van der Waals surface area contributed by atoms with Crippen LogP contribution in [0.1, 0.15) is 0 Å². The average Bonchev–Trinajstić information content (AvgIpc) is 2.45. The number of nitrogens with one attached hydrogen (secondary N) is 2. The van der Waals surface area contributed by atoms with Gasteiger partial charge in [-0.3, -0.25) is 4.79 Å². The molecule has 0 unspecified atom stereocenters. The van der Waals surface area contributed by atoms with Crippen LogP contribution in [0.4, 0.5) is 11.4 Å². The normalized spacial score (nSPS) is 15.5. The second kappa shape index (κ2) is 6.02. The van der Waals surface area contributed by atoms with Crippen LogP contribution in [0.5, 0.6) is 0 Å². The van der Waals surface area contributed by atoms with Crippen LogP contribution in [0.15, 0.2) is 58.5 Å². The molecule has 2 N–H and O–H groups in total. The monoisotopic (exact) mass is 336 g/mol. The van der Waals surface area contributed by atoms with Gasteiger partial charge in [0.1, 0.15) is 0 Å². The molecule has 106 valence electrons. The van der Waals surface area contributed by atoms with Crippen LogP contribution in [0, 0.1) is 0 Å². The summed E-state index contributed by atoms with van der Waals surface area (Å²) in [5, 5.41) is 7.18. The van der Waals surface area contributed by atoms with Crippen LogP contribution in [-0.2, 0) is 4.79 Å². The second-order valence-electron chi connectivity index (χ2n) is 4.36. The van der Waals surface area contributed by atoms with Crippen LogP contribution in [0.25, 0.3) is 0 Å². The molecular weight excluding hydrogens is 327 g/mol. The highest BCUT2D eigenvalue weighted by Crippen LogP contribution is 2.39. The Morgan fingerprint density at radius 2 is 1.90 bits per heavy atom. The molecule has 0 saturated heterocycles. The minimum absolute atomic E-state index is 0.149. The molecule has 1 amide bonds. The summed E-state index contributed by atoms with van der Waals surface area (Å²) in [7, 11) is 0. The first kappa shape index (κ1) is 14.3. The number of amides is 1. The Morgan fingerprint density at radius 1 is 1.10 bits per heavy atom. The maximum absolute atomic E-state index is 12.0. The molecule has 0 aromatic heterocycles. The van der Waals surface area contributed by atoms with E-state index in [-0.39, 0.29) is 5.91 Å². The topological polar surface area (TPSA) is 41.1 Å². The van der Waals surface area contributed by atoms with Gasteiger partial charge in [0.2, 0.25) is 0 Å². The van der Waals surface area contributed by atoms with Crippen LogP contribution in [0.3, 0.4) is 0 Å². The number of carbonyl (C=O) groups is 1. The molecule has 1 aliphatic rings. The summed E-state index contributed by atoms with van der Waals surface area (Å²) in [6.07, 6.45) is 1.66. The van der Waals surface area contributed by atoms with Crippen molar-refractivity contribution in [2.24, 2.45) is 0 Å². The first-order chi connectivity index (χ1) is 10.1. The molecule has 2 aromatic rings. The Balaban J connectivity index is 1.83. The first-order valence-corrected chi connectivity index (χ1v) is 7.70. The molecule has 0 spiro atoms. The summed E-state index contributed by atoms with van der Waals surface area (Å²) in [5.74, 6) is -0.149. The molecule has 0 bridgehead atoms. The van der Waals surface area contributed by atoms with Crippen molar-refractivity contribution in [3.8, 4) is 0 Å². The zero-order valence-electron chi connectivity index (χ0n) is 10.7. The summed E-state index contributed by atoms with van der Waals surface area (Å²) >= 11 is 13.3. The van der Waals surface area contributed by atoms with Crippen molar-refractivity contribution < 1.29 is 4.79 Å². The van der Waals surface area contributed by atoms with E-state index in [2.05, 4.69) is 10.6 Å². The molecule has 21 heavy (non-hydrogen) atoms. The molecule has 0 atom stereocenters. The second-order valence-corrected chi connectivity index (χ2v) is 6.32. The minimum Gasteiger partial charge on any atom is -0.360 e. The van der Waals surface area contributed by atoms with E-state index in [4.69, 9.17) is 23.2 Å². The lowest BCUT2D eigenvalue weighted by Gasteiger charge is -2.18. The maximum atomic E-state index is 12.0. The number of rotatable bonds is 2. The van der Waals surface area contributed by atoms with Crippen LogP contribution in [-0.4, -0.2) is 5.91 Å². The van der Waals surface area contributed by atoms with Crippen molar-refractivity contribution in [1.82, 2.24) is 0 Å². The fourth-order valence-corrected chi connectivity index (χ4v) is 3.20. The third kappa shape index (κ3) is 3.35. The van der Waals surface area contributed by atoms with E-state index in [0.717, 1.165) is 16.3 Å². The Labute approximate surface area is 136 Å². The van der Waals surface area contributed by atoms with Crippen molar-refractivity contribution in [3.63, 3.8) is 0 Å². The van der Waals surface area contributed by atoms with E-state index < -0.39 is 0 Å². The van der Waals surface area contributed by atoms with E-state index in [1.165, 1.54) is 11.8 Å². The molecular formula is C15H10Cl2N2OS. The van der Waals surface area contributed by atoms with Gasteiger partial charge in [-0.15, -0.1) is 0 Å². The van der Waals surface area contributed by atoms with Gasteiger partial charge in [-0.1, -0.05) is 41.0 Å². The number of fused-ring (bicyclic) bond motifs is 1. The quantitative estimate of drug-likeness (QED) is 0.759. The molecule has 1 heterocycles. The highest BCUT2D eigenvalue weighted by Gasteiger charge is 2.21. The molecule has 3 rings (SSSR count). The lowest BCUT2D eigenvalue weighted by Crippen LogP contribution is -2.18. The third-order valence-electron chi connectivity index (χ3n) is 2.83. The predicted octanol–water partition coefficient (Wildman–Crippen LogP) is 4.99. The van der Waals surface area contributed by atoms with Gasteiger partial charge in [0.25, 0.3) is 5.91 Å². The smallest absolute Gasteiger partial charge is 0.263 e. The van der Waals surface area contributed by atoms with Gasteiger partial charge in [-0.2, -0.15) is 0 Å². The Kier molecular flexibility index (Phi) is 4.10. The molecule has 0 fully saturated rings. The number of carbonyl (C=O) groups excluding carboxylic acids is 1. The van der Waals surface area contributed by atoms with Gasteiger partial charge < -0.3 is 10.6 Å². The third-order valence-corrected chi connectivity index (χ3v) is 4.38. The maximum Gasteiger partial charge on any atom is 0.263 e. The molecule has 0 aliphatic carbocycles. The van der Waals surface area contributed by atoms with Crippen molar-refractivity contribution >= 4 is 52.2 Å². The molecule has 0 saturated carbocycles. The van der Waals surface area contributed by atoms with Gasteiger partial charge >= 0.3 is 0 Å². The van der Waals surface area contributed by atoms with Crippen LogP contribution in [0.2, 0.25) is 10.0 Å².